The Morgan fingerprint density at radius 1 is 1.32 bits per heavy atom. The standard InChI is InChI=1S/C21H21N3O2S2/c1-5-24-20(26)17-11(2)12(3)27-19(17)23-21(24)28-13(4)18(25)15-10-22-16-9-7-6-8-14(15)16/h6-10,13,22H,5H2,1-4H3. The van der Waals surface area contributed by atoms with Crippen LogP contribution < -0.4 is 5.56 Å². The second-order valence-electron chi connectivity index (χ2n) is 6.78. The fourth-order valence-corrected chi connectivity index (χ4v) is 5.49. The van der Waals surface area contributed by atoms with E-state index in [2.05, 4.69) is 4.98 Å². The Balaban J connectivity index is 1.73. The van der Waals surface area contributed by atoms with Gasteiger partial charge in [-0.2, -0.15) is 0 Å². The predicted octanol–water partition coefficient (Wildman–Crippen LogP) is 4.94. The smallest absolute Gasteiger partial charge is 0.263 e. The van der Waals surface area contributed by atoms with Crippen LogP contribution >= 0.6 is 23.1 Å². The molecule has 0 spiro atoms. The molecule has 1 atom stereocenters. The maximum absolute atomic E-state index is 13.1. The molecule has 0 radical (unpaired) electrons. The minimum Gasteiger partial charge on any atom is -0.360 e. The van der Waals surface area contributed by atoms with Crippen molar-refractivity contribution in [2.24, 2.45) is 0 Å². The lowest BCUT2D eigenvalue weighted by Gasteiger charge is -2.14. The van der Waals surface area contributed by atoms with Gasteiger partial charge in [0.05, 0.1) is 10.6 Å². The molecule has 0 aliphatic rings. The highest BCUT2D eigenvalue weighted by Gasteiger charge is 2.23. The first-order chi connectivity index (χ1) is 13.4. The van der Waals surface area contributed by atoms with Crippen molar-refractivity contribution in [3.05, 3.63) is 56.8 Å². The van der Waals surface area contributed by atoms with Crippen LogP contribution in [0.25, 0.3) is 21.1 Å². The average molecular weight is 412 g/mol. The van der Waals surface area contributed by atoms with Gasteiger partial charge in [-0.3, -0.25) is 14.2 Å². The minimum atomic E-state index is -0.358. The number of aromatic amines is 1. The quantitative estimate of drug-likeness (QED) is 0.287. The monoisotopic (exact) mass is 411 g/mol. The molecule has 0 saturated carbocycles. The lowest BCUT2D eigenvalue weighted by Crippen LogP contribution is -2.24. The Hall–Kier alpha value is -2.38. The van der Waals surface area contributed by atoms with E-state index in [0.717, 1.165) is 26.2 Å². The summed E-state index contributed by atoms with van der Waals surface area (Å²) in [6, 6.07) is 7.77. The second kappa shape index (κ2) is 7.22. The number of aromatic nitrogens is 3. The lowest BCUT2D eigenvalue weighted by molar-refractivity contribution is 0.0995. The summed E-state index contributed by atoms with van der Waals surface area (Å²) >= 11 is 2.88. The maximum Gasteiger partial charge on any atom is 0.263 e. The van der Waals surface area contributed by atoms with Gasteiger partial charge in [0, 0.05) is 34.1 Å². The topological polar surface area (TPSA) is 67.8 Å². The Bertz CT molecular complexity index is 1270. The van der Waals surface area contributed by atoms with Crippen LogP contribution in [0.1, 0.15) is 34.6 Å². The number of thiophene rings is 1. The van der Waals surface area contributed by atoms with Crippen molar-refractivity contribution in [2.45, 2.75) is 44.6 Å². The van der Waals surface area contributed by atoms with Gasteiger partial charge in [-0.1, -0.05) is 30.0 Å². The van der Waals surface area contributed by atoms with Gasteiger partial charge in [-0.25, -0.2) is 4.98 Å². The molecule has 28 heavy (non-hydrogen) atoms. The number of aryl methyl sites for hydroxylation is 2. The first kappa shape index (κ1) is 19.0. The maximum atomic E-state index is 13.1. The molecule has 0 saturated heterocycles. The molecule has 5 nitrogen and oxygen atoms in total. The molecule has 144 valence electrons. The van der Waals surface area contributed by atoms with E-state index in [0.29, 0.717) is 22.7 Å². The largest absolute Gasteiger partial charge is 0.360 e. The molecule has 0 aliphatic heterocycles. The van der Waals surface area contributed by atoms with Crippen LogP contribution in [0.5, 0.6) is 0 Å². The van der Waals surface area contributed by atoms with Crippen LogP contribution in [-0.4, -0.2) is 25.6 Å². The number of nitrogens with zero attached hydrogens (tertiary/aromatic N) is 2. The number of hydrogen-bond acceptors (Lipinski definition) is 5. The average Bonchev–Trinajstić information content (AvgIpc) is 3.22. The van der Waals surface area contributed by atoms with E-state index in [1.54, 1.807) is 10.8 Å². The third-order valence-corrected chi connectivity index (χ3v) is 7.27. The van der Waals surface area contributed by atoms with Gasteiger partial charge in [0.2, 0.25) is 0 Å². The summed E-state index contributed by atoms with van der Waals surface area (Å²) < 4.78 is 1.67. The van der Waals surface area contributed by atoms with Gasteiger partial charge < -0.3 is 4.98 Å². The van der Waals surface area contributed by atoms with Crippen molar-refractivity contribution >= 4 is 50.0 Å². The molecule has 3 heterocycles. The van der Waals surface area contributed by atoms with Crippen molar-refractivity contribution in [1.29, 1.82) is 0 Å². The van der Waals surface area contributed by atoms with E-state index < -0.39 is 0 Å². The summed E-state index contributed by atoms with van der Waals surface area (Å²) in [5, 5.41) is 1.86. The summed E-state index contributed by atoms with van der Waals surface area (Å²) in [5.74, 6) is 0.0259. The Labute approximate surface area is 170 Å². The molecule has 1 N–H and O–H groups in total. The SMILES string of the molecule is CCn1c(SC(C)C(=O)c2c[nH]c3ccccc23)nc2sc(C)c(C)c2c1=O. The fraction of sp³-hybridized carbons (Fsp3) is 0.286. The van der Waals surface area contributed by atoms with Gasteiger partial charge in [-0.15, -0.1) is 11.3 Å². The number of carbonyl (C=O) groups excluding carboxylic acids is 1. The number of H-pyrrole nitrogens is 1. The van der Waals surface area contributed by atoms with Crippen molar-refractivity contribution < 1.29 is 4.79 Å². The normalized spacial score (nSPS) is 12.7. The van der Waals surface area contributed by atoms with Crippen LogP contribution in [0.15, 0.2) is 40.4 Å². The van der Waals surface area contributed by atoms with Crippen molar-refractivity contribution in [1.82, 2.24) is 14.5 Å². The Kier molecular flexibility index (Phi) is 4.89. The van der Waals surface area contributed by atoms with E-state index in [-0.39, 0.29) is 16.6 Å². The number of thioether (sulfide) groups is 1. The van der Waals surface area contributed by atoms with Crippen LogP contribution in [-0.2, 0) is 6.54 Å². The summed E-state index contributed by atoms with van der Waals surface area (Å²) in [7, 11) is 0. The number of ketones is 1. The fourth-order valence-electron chi connectivity index (χ4n) is 3.38. The number of Topliss-reactive ketones (excluding diaryl/α,β-unsaturated/α-hetero) is 1. The van der Waals surface area contributed by atoms with E-state index in [1.165, 1.54) is 23.1 Å². The molecule has 4 aromatic rings. The number of hydrogen-bond donors (Lipinski definition) is 1. The van der Waals surface area contributed by atoms with Gasteiger partial charge in [-0.05, 0) is 39.3 Å². The third kappa shape index (κ3) is 2.99. The van der Waals surface area contributed by atoms with E-state index >= 15 is 0 Å². The highest BCUT2D eigenvalue weighted by atomic mass is 32.2. The van der Waals surface area contributed by atoms with Gasteiger partial charge in [0.25, 0.3) is 5.56 Å². The first-order valence-electron chi connectivity index (χ1n) is 9.19. The molecular formula is C21H21N3O2S2. The van der Waals surface area contributed by atoms with Crippen LogP contribution in [0.4, 0.5) is 0 Å². The predicted molar refractivity (Wildman–Crippen MR) is 117 cm³/mol. The molecule has 3 aromatic heterocycles. The highest BCUT2D eigenvalue weighted by Crippen LogP contribution is 2.31. The molecule has 0 bridgehead atoms. The van der Waals surface area contributed by atoms with E-state index in [9.17, 15) is 9.59 Å². The number of carbonyl (C=O) groups is 1. The lowest BCUT2D eigenvalue weighted by atomic mass is 10.1. The molecule has 7 heteroatoms. The summed E-state index contributed by atoms with van der Waals surface area (Å²) in [4.78, 5) is 35.8. The minimum absolute atomic E-state index is 0.0245. The highest BCUT2D eigenvalue weighted by molar-refractivity contribution is 8.00. The van der Waals surface area contributed by atoms with Crippen molar-refractivity contribution in [2.75, 3.05) is 0 Å². The zero-order valence-corrected chi connectivity index (χ0v) is 17.8. The second-order valence-corrected chi connectivity index (χ2v) is 9.29. The number of benzene rings is 1. The Morgan fingerprint density at radius 3 is 2.82 bits per heavy atom. The number of fused-ring (bicyclic) bond motifs is 2. The summed E-state index contributed by atoms with van der Waals surface area (Å²) in [6.45, 7) is 8.29. The molecule has 0 fully saturated rings. The molecule has 4 rings (SSSR count). The van der Waals surface area contributed by atoms with Crippen LogP contribution in [0.2, 0.25) is 0 Å². The summed E-state index contributed by atoms with van der Waals surface area (Å²) in [6.07, 6.45) is 1.76. The first-order valence-corrected chi connectivity index (χ1v) is 10.9. The molecule has 0 aliphatic carbocycles. The molecule has 0 amide bonds. The molecule has 1 unspecified atom stereocenters. The zero-order chi connectivity index (χ0) is 20.0. The van der Waals surface area contributed by atoms with E-state index in [4.69, 9.17) is 4.98 Å². The van der Waals surface area contributed by atoms with Gasteiger partial charge >= 0.3 is 0 Å². The number of rotatable bonds is 5. The van der Waals surface area contributed by atoms with E-state index in [1.807, 2.05) is 52.0 Å². The van der Waals surface area contributed by atoms with Crippen LogP contribution in [0, 0.1) is 13.8 Å². The van der Waals surface area contributed by atoms with Gasteiger partial charge in [0.15, 0.2) is 10.9 Å². The van der Waals surface area contributed by atoms with Crippen molar-refractivity contribution in [3.63, 3.8) is 0 Å². The molecule has 1 aromatic carbocycles. The summed E-state index contributed by atoms with van der Waals surface area (Å²) in [5.41, 5.74) is 2.59. The zero-order valence-electron chi connectivity index (χ0n) is 16.2. The molecular weight excluding hydrogens is 390 g/mol. The van der Waals surface area contributed by atoms with Crippen molar-refractivity contribution in [3.8, 4) is 0 Å². The third-order valence-electron chi connectivity index (χ3n) is 5.08. The van der Waals surface area contributed by atoms with Crippen LogP contribution in [0.3, 0.4) is 0 Å². The van der Waals surface area contributed by atoms with Gasteiger partial charge in [0.1, 0.15) is 4.83 Å². The number of nitrogens with one attached hydrogen (secondary N) is 1. The Morgan fingerprint density at radius 2 is 2.07 bits per heavy atom. The number of para-hydroxylation sites is 1.